The number of likely N-dealkylation sites (tertiary alicyclic amines) is 1. The maximum atomic E-state index is 14.2. The minimum atomic E-state index is -0.829. The highest BCUT2D eigenvalue weighted by atomic mass is 32.2. The summed E-state index contributed by atoms with van der Waals surface area (Å²) in [7, 11) is 1.54. The summed E-state index contributed by atoms with van der Waals surface area (Å²) in [6.45, 7) is 3.16. The van der Waals surface area contributed by atoms with E-state index in [2.05, 4.69) is 0 Å². The lowest BCUT2D eigenvalue weighted by atomic mass is 9.82. The number of thioether (sulfide) groups is 1. The molecule has 0 saturated carbocycles. The van der Waals surface area contributed by atoms with E-state index in [4.69, 9.17) is 9.47 Å². The molecular formula is C31H31N3O7S2. The van der Waals surface area contributed by atoms with E-state index in [1.165, 1.54) is 28.5 Å². The van der Waals surface area contributed by atoms with Crippen molar-refractivity contribution in [2.45, 2.75) is 48.9 Å². The molecule has 3 aliphatic rings. The number of hydrogen-bond donors (Lipinski definition) is 0. The SMILES string of the molecule is CCOC(=O)c1ccc(N2C(=O)C3Sc4c(sc(=O)n4CC(=O)N4CCCCC4)[C@H](c4ccccc4OC)C3C2=O)cc1. The van der Waals surface area contributed by atoms with Crippen LogP contribution in [0.15, 0.2) is 58.4 Å². The first-order valence-corrected chi connectivity index (χ1v) is 16.0. The van der Waals surface area contributed by atoms with E-state index in [1.54, 1.807) is 37.1 Å². The predicted molar refractivity (Wildman–Crippen MR) is 162 cm³/mol. The molecule has 6 rings (SSSR count). The van der Waals surface area contributed by atoms with Gasteiger partial charge in [0.25, 0.3) is 0 Å². The Kier molecular flexibility index (Phi) is 8.15. The Morgan fingerprint density at radius 3 is 2.37 bits per heavy atom. The number of rotatable bonds is 7. The summed E-state index contributed by atoms with van der Waals surface area (Å²) >= 11 is 2.19. The van der Waals surface area contributed by atoms with Crippen LogP contribution < -0.4 is 14.5 Å². The number of para-hydroxylation sites is 1. The smallest absolute Gasteiger partial charge is 0.338 e. The molecule has 0 radical (unpaired) electrons. The quantitative estimate of drug-likeness (QED) is 0.288. The minimum Gasteiger partial charge on any atom is -0.496 e. The van der Waals surface area contributed by atoms with Crippen LogP contribution in [0.4, 0.5) is 5.69 Å². The number of amides is 3. The van der Waals surface area contributed by atoms with Crippen molar-refractivity contribution < 1.29 is 28.7 Å². The molecule has 2 saturated heterocycles. The van der Waals surface area contributed by atoms with Gasteiger partial charge in [0.2, 0.25) is 17.7 Å². The molecule has 43 heavy (non-hydrogen) atoms. The van der Waals surface area contributed by atoms with Gasteiger partial charge in [0.05, 0.1) is 35.9 Å². The zero-order chi connectivity index (χ0) is 30.2. The highest BCUT2D eigenvalue weighted by Gasteiger charge is 2.57. The van der Waals surface area contributed by atoms with Crippen molar-refractivity contribution in [3.8, 4) is 5.75 Å². The van der Waals surface area contributed by atoms with Crippen LogP contribution in [-0.2, 0) is 25.7 Å². The number of carbonyl (C=O) groups is 4. The molecule has 2 fully saturated rings. The van der Waals surface area contributed by atoms with Gasteiger partial charge >= 0.3 is 10.8 Å². The minimum absolute atomic E-state index is 0.116. The van der Waals surface area contributed by atoms with Gasteiger partial charge in [-0.25, -0.2) is 9.69 Å². The molecule has 3 aromatic rings. The number of thiazole rings is 1. The summed E-state index contributed by atoms with van der Waals surface area (Å²) in [6.07, 6.45) is 2.95. The molecule has 1 aromatic heterocycles. The number of methoxy groups -OCH3 is 1. The van der Waals surface area contributed by atoms with Gasteiger partial charge in [-0.2, -0.15) is 0 Å². The van der Waals surface area contributed by atoms with E-state index in [1.807, 2.05) is 18.2 Å². The number of nitrogens with zero attached hydrogens (tertiary/aromatic N) is 3. The number of imide groups is 1. The summed E-state index contributed by atoms with van der Waals surface area (Å²) in [5, 5.41) is -0.289. The third-order valence-corrected chi connectivity index (χ3v) is 10.8. The number of carbonyl (C=O) groups excluding carboxylic acids is 4. The first kappa shape index (κ1) is 29.2. The van der Waals surface area contributed by atoms with Crippen LogP contribution in [0.3, 0.4) is 0 Å². The second-order valence-corrected chi connectivity index (χ2v) is 12.8. The van der Waals surface area contributed by atoms with Crippen molar-refractivity contribution in [2.75, 3.05) is 31.7 Å². The zero-order valence-corrected chi connectivity index (χ0v) is 25.4. The van der Waals surface area contributed by atoms with Crippen molar-refractivity contribution in [1.82, 2.24) is 9.47 Å². The topological polar surface area (TPSA) is 115 Å². The van der Waals surface area contributed by atoms with Crippen LogP contribution in [-0.4, -0.2) is 65.2 Å². The molecule has 3 aliphatic heterocycles. The largest absolute Gasteiger partial charge is 0.496 e. The number of benzene rings is 2. The Labute approximate surface area is 256 Å². The highest BCUT2D eigenvalue weighted by Crippen LogP contribution is 2.55. The standard InChI is InChI=1S/C31H31N3O7S2/c1-3-41-30(38)18-11-13-19(14-12-18)34-27(36)24-23(20-9-5-6-10-21(20)40-2)26-29(42-25(24)28(34)37)33(31(39)43-26)17-22(35)32-15-7-4-8-16-32/h5-6,9-14,23-25H,3-4,7-8,15-17H2,1-2H3/t23-,24?,25?/m1/s1. The summed E-state index contributed by atoms with van der Waals surface area (Å²) in [5.74, 6) is -2.34. The summed E-state index contributed by atoms with van der Waals surface area (Å²) < 4.78 is 12.2. The molecule has 2 aromatic carbocycles. The molecule has 0 aliphatic carbocycles. The van der Waals surface area contributed by atoms with Gasteiger partial charge < -0.3 is 14.4 Å². The fourth-order valence-corrected chi connectivity index (χ4v) is 8.87. The molecule has 12 heteroatoms. The Bertz CT molecular complexity index is 1640. The molecule has 3 atom stereocenters. The number of esters is 1. The van der Waals surface area contributed by atoms with Gasteiger partial charge in [-0.05, 0) is 56.5 Å². The van der Waals surface area contributed by atoms with Gasteiger partial charge in [0.1, 0.15) is 17.5 Å². The predicted octanol–water partition coefficient (Wildman–Crippen LogP) is 3.90. The van der Waals surface area contributed by atoms with Crippen molar-refractivity contribution in [3.05, 3.63) is 74.2 Å². The van der Waals surface area contributed by atoms with E-state index in [0.29, 0.717) is 45.6 Å². The lowest BCUT2D eigenvalue weighted by Crippen LogP contribution is -2.39. The Morgan fingerprint density at radius 2 is 1.67 bits per heavy atom. The second kappa shape index (κ2) is 12.0. The van der Waals surface area contributed by atoms with Crippen LogP contribution in [0.5, 0.6) is 5.75 Å². The monoisotopic (exact) mass is 621 g/mol. The van der Waals surface area contributed by atoms with Crippen LogP contribution >= 0.6 is 23.1 Å². The first-order chi connectivity index (χ1) is 20.8. The average Bonchev–Trinajstić information content (AvgIpc) is 3.47. The molecule has 3 amide bonds. The average molecular weight is 622 g/mol. The van der Waals surface area contributed by atoms with Crippen LogP contribution in [0, 0.1) is 5.92 Å². The first-order valence-electron chi connectivity index (χ1n) is 14.3. The third-order valence-electron chi connectivity index (χ3n) is 8.16. The lowest BCUT2D eigenvalue weighted by molar-refractivity contribution is -0.133. The Hall–Kier alpha value is -3.90. The molecule has 10 nitrogen and oxygen atoms in total. The maximum Gasteiger partial charge on any atom is 0.338 e. The fraction of sp³-hybridized carbons (Fsp3) is 0.387. The van der Waals surface area contributed by atoms with Crippen LogP contribution in [0.1, 0.15) is 52.9 Å². The van der Waals surface area contributed by atoms with Gasteiger partial charge in [-0.1, -0.05) is 41.3 Å². The highest BCUT2D eigenvalue weighted by molar-refractivity contribution is 8.00. The Morgan fingerprint density at radius 1 is 0.953 bits per heavy atom. The van der Waals surface area contributed by atoms with E-state index in [0.717, 1.165) is 35.5 Å². The van der Waals surface area contributed by atoms with Crippen LogP contribution in [0.25, 0.3) is 0 Å². The van der Waals surface area contributed by atoms with Gasteiger partial charge in [-0.3, -0.25) is 23.7 Å². The maximum absolute atomic E-state index is 14.2. The molecule has 0 N–H and O–H groups in total. The Balaban J connectivity index is 1.41. The molecule has 2 unspecified atom stereocenters. The zero-order valence-electron chi connectivity index (χ0n) is 23.8. The molecule has 4 heterocycles. The lowest BCUT2D eigenvalue weighted by Gasteiger charge is -2.32. The normalized spacial score (nSPS) is 21.4. The second-order valence-electron chi connectivity index (χ2n) is 10.6. The van der Waals surface area contributed by atoms with Crippen LogP contribution in [0.2, 0.25) is 0 Å². The van der Waals surface area contributed by atoms with E-state index < -0.39 is 34.9 Å². The van der Waals surface area contributed by atoms with Gasteiger partial charge in [0.15, 0.2) is 0 Å². The summed E-state index contributed by atoms with van der Waals surface area (Å²) in [5.41, 5.74) is 1.35. The van der Waals surface area contributed by atoms with E-state index >= 15 is 0 Å². The molecular weight excluding hydrogens is 590 g/mol. The van der Waals surface area contributed by atoms with E-state index in [-0.39, 0.29) is 23.9 Å². The number of piperidine rings is 1. The number of ether oxygens (including phenoxy) is 2. The fourth-order valence-electron chi connectivity index (χ4n) is 6.11. The summed E-state index contributed by atoms with van der Waals surface area (Å²) in [4.78, 5) is 70.3. The summed E-state index contributed by atoms with van der Waals surface area (Å²) in [6, 6.07) is 13.5. The molecule has 0 spiro atoms. The van der Waals surface area contributed by atoms with Gasteiger partial charge in [-0.15, -0.1) is 0 Å². The number of aromatic nitrogens is 1. The van der Waals surface area contributed by atoms with Crippen molar-refractivity contribution in [2.24, 2.45) is 5.92 Å². The molecule has 224 valence electrons. The number of anilines is 1. The van der Waals surface area contributed by atoms with Crippen molar-refractivity contribution in [1.29, 1.82) is 0 Å². The van der Waals surface area contributed by atoms with Crippen molar-refractivity contribution in [3.63, 3.8) is 0 Å². The third kappa shape index (κ3) is 5.16. The number of hydrogen-bond acceptors (Lipinski definition) is 9. The van der Waals surface area contributed by atoms with E-state index in [9.17, 15) is 24.0 Å². The molecule has 0 bridgehead atoms. The van der Waals surface area contributed by atoms with Gasteiger partial charge in [0, 0.05) is 29.4 Å². The number of fused-ring (bicyclic) bond motifs is 2. The van der Waals surface area contributed by atoms with Crippen molar-refractivity contribution >= 4 is 52.5 Å².